The van der Waals surface area contributed by atoms with Gasteiger partial charge in [-0.05, 0) is 24.1 Å². The Morgan fingerprint density at radius 1 is 0.947 bits per heavy atom. The average molecular weight is 255 g/mol. The number of hydrogen-bond donors (Lipinski definition) is 1. The molecule has 0 aromatic heterocycles. The van der Waals surface area contributed by atoms with Gasteiger partial charge in [-0.1, -0.05) is 55.5 Å². The fraction of sp³-hybridized carbons (Fsp3) is 0.294. The Kier molecular flexibility index (Phi) is 5.45. The standard InChI is InChI=1S/C17H21NO/c1-2-16(19-17-11-7-4-8-12-17)14-18-13-15-9-5-3-6-10-15/h3-12,16,18H,2,13-14H2,1H3. The summed E-state index contributed by atoms with van der Waals surface area (Å²) in [5, 5.41) is 3.45. The first-order valence-electron chi connectivity index (χ1n) is 6.85. The van der Waals surface area contributed by atoms with Gasteiger partial charge in [0.15, 0.2) is 0 Å². The molecule has 100 valence electrons. The Morgan fingerprint density at radius 3 is 2.21 bits per heavy atom. The van der Waals surface area contributed by atoms with Crippen LogP contribution in [-0.4, -0.2) is 12.6 Å². The van der Waals surface area contributed by atoms with Gasteiger partial charge in [-0.2, -0.15) is 0 Å². The number of nitrogens with one attached hydrogen (secondary N) is 1. The van der Waals surface area contributed by atoms with Gasteiger partial charge >= 0.3 is 0 Å². The monoisotopic (exact) mass is 255 g/mol. The highest BCUT2D eigenvalue weighted by Gasteiger charge is 2.07. The fourth-order valence-corrected chi connectivity index (χ4v) is 1.93. The van der Waals surface area contributed by atoms with Gasteiger partial charge in [0.2, 0.25) is 0 Å². The largest absolute Gasteiger partial charge is 0.489 e. The zero-order valence-electron chi connectivity index (χ0n) is 11.4. The van der Waals surface area contributed by atoms with Gasteiger partial charge in [-0.25, -0.2) is 0 Å². The van der Waals surface area contributed by atoms with Crippen molar-refractivity contribution in [3.05, 3.63) is 66.2 Å². The van der Waals surface area contributed by atoms with E-state index in [-0.39, 0.29) is 6.10 Å². The summed E-state index contributed by atoms with van der Waals surface area (Å²) < 4.78 is 5.94. The first-order chi connectivity index (χ1) is 9.38. The maximum absolute atomic E-state index is 5.94. The summed E-state index contributed by atoms with van der Waals surface area (Å²) in [6, 6.07) is 20.4. The summed E-state index contributed by atoms with van der Waals surface area (Å²) in [5.41, 5.74) is 1.30. The Balaban J connectivity index is 1.77. The van der Waals surface area contributed by atoms with E-state index in [9.17, 15) is 0 Å². The highest BCUT2D eigenvalue weighted by atomic mass is 16.5. The van der Waals surface area contributed by atoms with E-state index < -0.39 is 0 Å². The second kappa shape index (κ2) is 7.59. The molecule has 0 aliphatic carbocycles. The first-order valence-corrected chi connectivity index (χ1v) is 6.85. The Hall–Kier alpha value is -1.80. The molecule has 0 radical (unpaired) electrons. The van der Waals surface area contributed by atoms with Crippen LogP contribution in [0, 0.1) is 0 Å². The predicted molar refractivity (Wildman–Crippen MR) is 79.3 cm³/mol. The fourth-order valence-electron chi connectivity index (χ4n) is 1.93. The SMILES string of the molecule is CCC(CNCc1ccccc1)Oc1ccccc1. The molecule has 0 bridgehead atoms. The molecule has 19 heavy (non-hydrogen) atoms. The molecule has 1 atom stereocenters. The lowest BCUT2D eigenvalue weighted by Crippen LogP contribution is -2.30. The number of ether oxygens (including phenoxy) is 1. The van der Waals surface area contributed by atoms with Crippen LogP contribution in [0.1, 0.15) is 18.9 Å². The molecule has 1 unspecified atom stereocenters. The minimum absolute atomic E-state index is 0.214. The molecule has 2 nitrogen and oxygen atoms in total. The van der Waals surface area contributed by atoms with Crippen molar-refractivity contribution in [1.82, 2.24) is 5.32 Å². The third-order valence-electron chi connectivity index (χ3n) is 3.05. The molecule has 0 amide bonds. The lowest BCUT2D eigenvalue weighted by atomic mass is 10.2. The summed E-state index contributed by atoms with van der Waals surface area (Å²) in [6.07, 6.45) is 1.21. The van der Waals surface area contributed by atoms with Crippen molar-refractivity contribution in [3.63, 3.8) is 0 Å². The molecule has 0 heterocycles. The Bertz CT molecular complexity index is 455. The molecule has 2 aromatic carbocycles. The van der Waals surface area contributed by atoms with Crippen LogP contribution in [0.15, 0.2) is 60.7 Å². The van der Waals surface area contributed by atoms with Gasteiger partial charge in [0.1, 0.15) is 11.9 Å². The van der Waals surface area contributed by atoms with E-state index in [4.69, 9.17) is 4.74 Å². The molecule has 2 aromatic rings. The predicted octanol–water partition coefficient (Wildman–Crippen LogP) is 3.63. The second-order valence-corrected chi connectivity index (χ2v) is 4.58. The van der Waals surface area contributed by atoms with Crippen molar-refractivity contribution < 1.29 is 4.74 Å². The van der Waals surface area contributed by atoms with Crippen molar-refractivity contribution >= 4 is 0 Å². The van der Waals surface area contributed by atoms with Crippen LogP contribution in [0.5, 0.6) is 5.75 Å². The van der Waals surface area contributed by atoms with Crippen LogP contribution in [0.2, 0.25) is 0 Å². The molecule has 0 saturated heterocycles. The van der Waals surface area contributed by atoms with Crippen molar-refractivity contribution in [2.24, 2.45) is 0 Å². The zero-order valence-corrected chi connectivity index (χ0v) is 11.4. The van der Waals surface area contributed by atoms with Crippen LogP contribution in [-0.2, 0) is 6.54 Å². The van der Waals surface area contributed by atoms with Gasteiger partial charge in [0.25, 0.3) is 0 Å². The van der Waals surface area contributed by atoms with Gasteiger partial charge in [-0.15, -0.1) is 0 Å². The van der Waals surface area contributed by atoms with Gasteiger partial charge < -0.3 is 10.1 Å². The lowest BCUT2D eigenvalue weighted by Gasteiger charge is -2.18. The number of hydrogen-bond acceptors (Lipinski definition) is 2. The first kappa shape index (κ1) is 13.6. The molecule has 0 fully saturated rings. The van der Waals surface area contributed by atoms with E-state index in [2.05, 4.69) is 36.5 Å². The molecular formula is C17H21NO. The topological polar surface area (TPSA) is 21.3 Å². The molecule has 2 rings (SSSR count). The van der Waals surface area contributed by atoms with Crippen LogP contribution >= 0.6 is 0 Å². The van der Waals surface area contributed by atoms with Crippen molar-refractivity contribution in [2.75, 3.05) is 6.54 Å². The number of para-hydroxylation sites is 1. The quantitative estimate of drug-likeness (QED) is 0.815. The van der Waals surface area contributed by atoms with E-state index in [1.807, 2.05) is 36.4 Å². The molecule has 0 spiro atoms. The molecule has 2 heteroatoms. The average Bonchev–Trinajstić information content (AvgIpc) is 2.48. The van der Waals surface area contributed by atoms with Crippen LogP contribution in [0.25, 0.3) is 0 Å². The van der Waals surface area contributed by atoms with E-state index in [0.717, 1.165) is 25.3 Å². The molecule has 0 aliphatic heterocycles. The second-order valence-electron chi connectivity index (χ2n) is 4.58. The number of rotatable bonds is 7. The molecule has 1 N–H and O–H groups in total. The van der Waals surface area contributed by atoms with E-state index in [1.54, 1.807) is 0 Å². The Morgan fingerprint density at radius 2 is 1.58 bits per heavy atom. The molecule has 0 saturated carbocycles. The minimum atomic E-state index is 0.214. The maximum atomic E-state index is 5.94. The van der Waals surface area contributed by atoms with Crippen LogP contribution < -0.4 is 10.1 Å². The van der Waals surface area contributed by atoms with Crippen LogP contribution in [0.3, 0.4) is 0 Å². The maximum Gasteiger partial charge on any atom is 0.119 e. The van der Waals surface area contributed by atoms with Crippen LogP contribution in [0.4, 0.5) is 0 Å². The van der Waals surface area contributed by atoms with Crippen molar-refractivity contribution in [3.8, 4) is 5.75 Å². The Labute approximate surface area is 115 Å². The van der Waals surface area contributed by atoms with E-state index >= 15 is 0 Å². The van der Waals surface area contributed by atoms with E-state index in [1.165, 1.54) is 5.56 Å². The van der Waals surface area contributed by atoms with Gasteiger partial charge in [-0.3, -0.25) is 0 Å². The summed E-state index contributed by atoms with van der Waals surface area (Å²) in [4.78, 5) is 0. The highest BCUT2D eigenvalue weighted by Crippen LogP contribution is 2.12. The zero-order chi connectivity index (χ0) is 13.3. The van der Waals surface area contributed by atoms with Gasteiger partial charge in [0, 0.05) is 13.1 Å². The van der Waals surface area contributed by atoms with E-state index in [0.29, 0.717) is 0 Å². The molecule has 0 aliphatic rings. The lowest BCUT2D eigenvalue weighted by molar-refractivity contribution is 0.193. The number of benzene rings is 2. The normalized spacial score (nSPS) is 12.1. The molecular weight excluding hydrogens is 234 g/mol. The smallest absolute Gasteiger partial charge is 0.119 e. The summed E-state index contributed by atoms with van der Waals surface area (Å²) >= 11 is 0. The van der Waals surface area contributed by atoms with Crippen molar-refractivity contribution in [2.45, 2.75) is 26.0 Å². The van der Waals surface area contributed by atoms with Gasteiger partial charge in [0.05, 0.1) is 0 Å². The summed E-state index contributed by atoms with van der Waals surface area (Å²) in [7, 11) is 0. The minimum Gasteiger partial charge on any atom is -0.489 e. The van der Waals surface area contributed by atoms with Crippen molar-refractivity contribution in [1.29, 1.82) is 0 Å². The third kappa shape index (κ3) is 4.76. The third-order valence-corrected chi connectivity index (χ3v) is 3.05. The summed E-state index contributed by atoms with van der Waals surface area (Å²) in [6.45, 7) is 3.90. The highest BCUT2D eigenvalue weighted by molar-refractivity contribution is 5.21. The summed E-state index contributed by atoms with van der Waals surface area (Å²) in [5.74, 6) is 0.941.